The number of alkyl halides is 3. The van der Waals surface area contributed by atoms with Crippen LogP contribution in [0.5, 0.6) is 5.75 Å². The van der Waals surface area contributed by atoms with Gasteiger partial charge in [0.15, 0.2) is 0 Å². The molecular weight excluding hydrogens is 279 g/mol. The molecule has 1 atom stereocenters. The summed E-state index contributed by atoms with van der Waals surface area (Å²) in [7, 11) is 1.19. The second kappa shape index (κ2) is 5.59. The summed E-state index contributed by atoms with van der Waals surface area (Å²) < 4.78 is 43.6. The van der Waals surface area contributed by atoms with Crippen molar-refractivity contribution >= 4 is 11.6 Å². The average molecular weight is 294 g/mol. The van der Waals surface area contributed by atoms with Crippen LogP contribution in [0, 0.1) is 0 Å². The molecule has 1 aliphatic heterocycles. The summed E-state index contributed by atoms with van der Waals surface area (Å²) in [5.41, 5.74) is -0.229. The van der Waals surface area contributed by atoms with E-state index in [2.05, 4.69) is 5.32 Å². The molecule has 0 amide bonds. The van der Waals surface area contributed by atoms with E-state index < -0.39 is 11.7 Å². The van der Waals surface area contributed by atoms with Gasteiger partial charge in [-0.25, -0.2) is 0 Å². The van der Waals surface area contributed by atoms with E-state index in [9.17, 15) is 13.2 Å². The first kappa shape index (κ1) is 14.5. The predicted molar refractivity (Wildman–Crippen MR) is 67.7 cm³/mol. The van der Waals surface area contributed by atoms with E-state index in [4.69, 9.17) is 16.3 Å². The molecule has 1 fully saturated rings. The van der Waals surface area contributed by atoms with E-state index >= 15 is 0 Å². The fraction of sp³-hybridized carbons (Fsp3) is 0.538. The van der Waals surface area contributed by atoms with Gasteiger partial charge in [-0.1, -0.05) is 11.6 Å². The Bertz CT molecular complexity index is 456. The minimum Gasteiger partial charge on any atom is -0.495 e. The van der Waals surface area contributed by atoms with Gasteiger partial charge < -0.3 is 10.1 Å². The molecule has 106 valence electrons. The van der Waals surface area contributed by atoms with Crippen LogP contribution in [0.25, 0.3) is 0 Å². The summed E-state index contributed by atoms with van der Waals surface area (Å²) in [5, 5.41) is 3.26. The molecule has 0 aliphatic carbocycles. The quantitative estimate of drug-likeness (QED) is 0.918. The molecule has 0 spiro atoms. The summed E-state index contributed by atoms with van der Waals surface area (Å²) >= 11 is 5.88. The van der Waals surface area contributed by atoms with Crippen LogP contribution in [0.1, 0.15) is 24.0 Å². The first-order chi connectivity index (χ1) is 8.91. The highest BCUT2D eigenvalue weighted by Gasteiger charge is 2.36. The first-order valence-electron chi connectivity index (χ1n) is 6.09. The van der Waals surface area contributed by atoms with E-state index in [0.717, 1.165) is 25.5 Å². The van der Waals surface area contributed by atoms with Crippen LogP contribution in [0.3, 0.4) is 0 Å². The second-order valence-electron chi connectivity index (χ2n) is 4.65. The van der Waals surface area contributed by atoms with E-state index in [1.807, 2.05) is 0 Å². The highest BCUT2D eigenvalue weighted by Crippen LogP contribution is 2.41. The lowest BCUT2D eigenvalue weighted by atomic mass is 10.0. The third-order valence-corrected chi connectivity index (χ3v) is 3.54. The third kappa shape index (κ3) is 3.34. The van der Waals surface area contributed by atoms with Gasteiger partial charge in [0.25, 0.3) is 0 Å². The van der Waals surface area contributed by atoms with Gasteiger partial charge in [-0.3, -0.25) is 0 Å². The molecule has 0 bridgehead atoms. The van der Waals surface area contributed by atoms with Gasteiger partial charge in [0, 0.05) is 6.04 Å². The largest absolute Gasteiger partial charge is 0.495 e. The number of nitrogens with one attached hydrogen (secondary N) is 1. The van der Waals surface area contributed by atoms with Crippen LogP contribution in [0.15, 0.2) is 12.1 Å². The standard InChI is InChI=1S/C13H15ClF3NO/c1-19-12-10(13(15,16)17)6-8(7-11(12)14)5-9-3-2-4-18-9/h6-7,9,18H,2-5H2,1H3. The number of hydrogen-bond acceptors (Lipinski definition) is 2. The third-order valence-electron chi connectivity index (χ3n) is 3.26. The Hall–Kier alpha value is -0.940. The average Bonchev–Trinajstić information content (AvgIpc) is 2.80. The Balaban J connectivity index is 2.32. The highest BCUT2D eigenvalue weighted by molar-refractivity contribution is 6.32. The van der Waals surface area contributed by atoms with Crippen LogP contribution >= 0.6 is 11.6 Å². The van der Waals surface area contributed by atoms with Gasteiger partial charge in [0.05, 0.1) is 17.7 Å². The molecule has 0 saturated carbocycles. The maximum Gasteiger partial charge on any atom is 0.420 e. The van der Waals surface area contributed by atoms with Gasteiger partial charge in [-0.2, -0.15) is 13.2 Å². The number of ether oxygens (including phenoxy) is 1. The molecule has 1 saturated heterocycles. The number of hydrogen-bond donors (Lipinski definition) is 1. The molecule has 1 aromatic carbocycles. The lowest BCUT2D eigenvalue weighted by Crippen LogP contribution is -2.23. The molecule has 19 heavy (non-hydrogen) atoms. The Morgan fingerprint density at radius 3 is 2.68 bits per heavy atom. The fourth-order valence-electron chi connectivity index (χ4n) is 2.40. The Morgan fingerprint density at radius 1 is 1.42 bits per heavy atom. The van der Waals surface area contributed by atoms with Crippen molar-refractivity contribution in [3.63, 3.8) is 0 Å². The maximum atomic E-state index is 13.0. The Morgan fingerprint density at radius 2 is 2.16 bits per heavy atom. The van der Waals surface area contributed by atoms with Crippen LogP contribution < -0.4 is 10.1 Å². The normalized spacial score (nSPS) is 19.7. The second-order valence-corrected chi connectivity index (χ2v) is 5.06. The molecule has 1 aliphatic rings. The molecule has 1 N–H and O–H groups in total. The van der Waals surface area contributed by atoms with E-state index in [-0.39, 0.29) is 16.8 Å². The SMILES string of the molecule is COc1c(Cl)cc(CC2CCCN2)cc1C(F)(F)F. The first-order valence-corrected chi connectivity index (χ1v) is 6.46. The molecule has 2 nitrogen and oxygen atoms in total. The van der Waals surface area contributed by atoms with Gasteiger partial charge in [0.2, 0.25) is 0 Å². The maximum absolute atomic E-state index is 13.0. The molecular formula is C13H15ClF3NO. The summed E-state index contributed by atoms with van der Waals surface area (Å²) in [6.45, 7) is 0.917. The topological polar surface area (TPSA) is 21.3 Å². The van der Waals surface area contributed by atoms with Crippen LogP contribution in [-0.2, 0) is 12.6 Å². The molecule has 6 heteroatoms. The zero-order valence-electron chi connectivity index (χ0n) is 10.5. The number of methoxy groups -OCH3 is 1. The van der Waals surface area contributed by atoms with Crippen LogP contribution in [0.2, 0.25) is 5.02 Å². The predicted octanol–water partition coefficient (Wildman–Crippen LogP) is 3.66. The van der Waals surface area contributed by atoms with Crippen molar-refractivity contribution in [3.8, 4) is 5.75 Å². The zero-order chi connectivity index (χ0) is 14.0. The van der Waals surface area contributed by atoms with Crippen molar-refractivity contribution in [1.29, 1.82) is 0 Å². The number of halogens is 4. The smallest absolute Gasteiger partial charge is 0.420 e. The molecule has 1 aromatic rings. The van der Waals surface area contributed by atoms with Crippen molar-refractivity contribution in [1.82, 2.24) is 5.32 Å². The number of rotatable bonds is 3. The van der Waals surface area contributed by atoms with E-state index in [1.165, 1.54) is 7.11 Å². The lowest BCUT2D eigenvalue weighted by Gasteiger charge is -2.17. The lowest BCUT2D eigenvalue weighted by molar-refractivity contribution is -0.138. The van der Waals surface area contributed by atoms with E-state index in [0.29, 0.717) is 12.0 Å². The Labute approximate surface area is 114 Å². The summed E-state index contributed by atoms with van der Waals surface area (Å²) in [6.07, 6.45) is -1.88. The Kier molecular flexibility index (Phi) is 4.26. The van der Waals surface area contributed by atoms with Crippen LogP contribution in [-0.4, -0.2) is 19.7 Å². The fourth-order valence-corrected chi connectivity index (χ4v) is 2.72. The van der Waals surface area contributed by atoms with Crippen LogP contribution in [0.4, 0.5) is 13.2 Å². The molecule has 0 aromatic heterocycles. The molecule has 2 rings (SSSR count). The minimum absolute atomic E-state index is 0.00493. The van der Waals surface area contributed by atoms with Crippen molar-refractivity contribution in [2.24, 2.45) is 0 Å². The van der Waals surface area contributed by atoms with Gasteiger partial charge in [-0.15, -0.1) is 0 Å². The summed E-state index contributed by atoms with van der Waals surface area (Å²) in [6, 6.07) is 2.91. The van der Waals surface area contributed by atoms with Crippen molar-refractivity contribution < 1.29 is 17.9 Å². The monoisotopic (exact) mass is 293 g/mol. The van der Waals surface area contributed by atoms with Crippen molar-refractivity contribution in [3.05, 3.63) is 28.3 Å². The zero-order valence-corrected chi connectivity index (χ0v) is 11.2. The van der Waals surface area contributed by atoms with Crippen molar-refractivity contribution in [2.45, 2.75) is 31.5 Å². The van der Waals surface area contributed by atoms with Gasteiger partial charge >= 0.3 is 6.18 Å². The highest BCUT2D eigenvalue weighted by atomic mass is 35.5. The van der Waals surface area contributed by atoms with Gasteiger partial charge in [0.1, 0.15) is 5.75 Å². The molecule has 1 unspecified atom stereocenters. The van der Waals surface area contributed by atoms with Crippen molar-refractivity contribution in [2.75, 3.05) is 13.7 Å². The van der Waals surface area contributed by atoms with Gasteiger partial charge in [-0.05, 0) is 43.5 Å². The summed E-state index contributed by atoms with van der Waals surface area (Å²) in [5.74, 6) is -0.308. The molecule has 1 heterocycles. The minimum atomic E-state index is -4.46. The number of benzene rings is 1. The van der Waals surface area contributed by atoms with E-state index in [1.54, 1.807) is 6.07 Å². The molecule has 0 radical (unpaired) electrons. The summed E-state index contributed by atoms with van der Waals surface area (Å²) in [4.78, 5) is 0.